The number of aromatic hydroxyl groups is 1. The number of carboxylic acids is 1. The van der Waals surface area contributed by atoms with Crippen LogP contribution < -0.4 is 5.32 Å². The first-order chi connectivity index (χ1) is 8.83. The molecule has 1 aromatic rings. The van der Waals surface area contributed by atoms with Crippen LogP contribution in [0.4, 0.5) is 0 Å². The topological polar surface area (TPSA) is 69.6 Å². The molecule has 0 aliphatic carbocycles. The molecule has 4 heteroatoms. The van der Waals surface area contributed by atoms with E-state index in [1.165, 1.54) is 0 Å². The highest BCUT2D eigenvalue weighted by Crippen LogP contribution is 2.17. The summed E-state index contributed by atoms with van der Waals surface area (Å²) in [6.45, 7) is 6.50. The van der Waals surface area contributed by atoms with Gasteiger partial charge in [-0.15, -0.1) is 0 Å². The first-order valence-electron chi connectivity index (χ1n) is 6.60. The Kier molecular flexibility index (Phi) is 5.36. The van der Waals surface area contributed by atoms with E-state index < -0.39 is 11.5 Å². The lowest BCUT2D eigenvalue weighted by molar-refractivity contribution is -0.144. The van der Waals surface area contributed by atoms with Gasteiger partial charge >= 0.3 is 5.97 Å². The van der Waals surface area contributed by atoms with Gasteiger partial charge in [-0.1, -0.05) is 26.0 Å². The molecule has 1 rings (SSSR count). The van der Waals surface area contributed by atoms with E-state index in [4.69, 9.17) is 0 Å². The van der Waals surface area contributed by atoms with E-state index >= 15 is 0 Å². The first-order valence-corrected chi connectivity index (χ1v) is 6.60. The van der Waals surface area contributed by atoms with Gasteiger partial charge in [0, 0.05) is 0 Å². The molecule has 106 valence electrons. The molecule has 0 fully saturated rings. The Balaban J connectivity index is 2.63. The minimum atomic E-state index is -0.915. The Labute approximate surface area is 114 Å². The maximum absolute atomic E-state index is 11.4. The number of rotatable bonds is 7. The highest BCUT2D eigenvalue weighted by Gasteiger charge is 2.32. The summed E-state index contributed by atoms with van der Waals surface area (Å²) >= 11 is 0. The summed E-state index contributed by atoms with van der Waals surface area (Å²) in [5.74, 6) is -0.193. The minimum absolute atomic E-state index is 0.225. The zero-order chi connectivity index (χ0) is 14.5. The maximum atomic E-state index is 11.4. The highest BCUT2D eigenvalue weighted by atomic mass is 16.4. The van der Waals surface area contributed by atoms with Crippen molar-refractivity contribution in [2.75, 3.05) is 6.54 Å². The van der Waals surface area contributed by atoms with Gasteiger partial charge in [-0.2, -0.15) is 0 Å². The van der Waals surface area contributed by atoms with Crippen LogP contribution >= 0.6 is 0 Å². The summed E-state index contributed by atoms with van der Waals surface area (Å²) in [5.41, 5.74) is 0.110. The Morgan fingerprint density at radius 1 is 1.32 bits per heavy atom. The van der Waals surface area contributed by atoms with Gasteiger partial charge in [-0.25, -0.2) is 0 Å². The Morgan fingerprint density at radius 3 is 2.37 bits per heavy atom. The van der Waals surface area contributed by atoms with E-state index in [0.29, 0.717) is 25.3 Å². The van der Waals surface area contributed by atoms with Gasteiger partial charge in [0.1, 0.15) is 11.3 Å². The molecular formula is C15H23NO3. The van der Waals surface area contributed by atoms with E-state index in [2.05, 4.69) is 19.2 Å². The fourth-order valence-electron chi connectivity index (χ4n) is 1.76. The van der Waals surface area contributed by atoms with Gasteiger partial charge in [0.25, 0.3) is 0 Å². The van der Waals surface area contributed by atoms with Crippen LogP contribution in [0.1, 0.15) is 32.8 Å². The highest BCUT2D eigenvalue weighted by molar-refractivity contribution is 5.78. The second-order valence-corrected chi connectivity index (χ2v) is 5.58. The lowest BCUT2D eigenvalue weighted by Crippen LogP contribution is -2.51. The van der Waals surface area contributed by atoms with Crippen molar-refractivity contribution in [1.82, 2.24) is 5.32 Å². The molecule has 4 nitrogen and oxygen atoms in total. The molecule has 0 bridgehead atoms. The molecule has 0 aliphatic rings. The molecule has 0 heterocycles. The van der Waals surface area contributed by atoms with Crippen molar-refractivity contribution in [1.29, 1.82) is 0 Å². The molecule has 1 aromatic carbocycles. The van der Waals surface area contributed by atoms with Gasteiger partial charge < -0.3 is 15.5 Å². The third kappa shape index (κ3) is 4.91. The van der Waals surface area contributed by atoms with E-state index in [-0.39, 0.29) is 5.75 Å². The fraction of sp³-hybridized carbons (Fsp3) is 0.533. The van der Waals surface area contributed by atoms with Crippen molar-refractivity contribution in [2.24, 2.45) is 5.92 Å². The molecule has 0 saturated carbocycles. The molecule has 0 radical (unpaired) electrons. The molecule has 19 heavy (non-hydrogen) atoms. The molecule has 3 N–H and O–H groups in total. The maximum Gasteiger partial charge on any atom is 0.323 e. The van der Waals surface area contributed by atoms with E-state index in [1.54, 1.807) is 19.1 Å². The van der Waals surface area contributed by atoms with Crippen LogP contribution in [-0.2, 0) is 11.2 Å². The molecule has 1 unspecified atom stereocenters. The minimum Gasteiger partial charge on any atom is -0.508 e. The van der Waals surface area contributed by atoms with Crippen LogP contribution in [-0.4, -0.2) is 28.3 Å². The van der Waals surface area contributed by atoms with Gasteiger partial charge in [0.05, 0.1) is 0 Å². The van der Waals surface area contributed by atoms with Gasteiger partial charge in [0.15, 0.2) is 0 Å². The number of phenolic OH excluding ortho intramolecular Hbond substituents is 1. The van der Waals surface area contributed by atoms with Crippen LogP contribution in [0.25, 0.3) is 0 Å². The number of hydrogen-bond acceptors (Lipinski definition) is 3. The summed E-state index contributed by atoms with van der Waals surface area (Å²) in [4.78, 5) is 11.4. The number of carboxylic acid groups (broad SMARTS) is 1. The molecule has 0 amide bonds. The average molecular weight is 265 g/mol. The van der Waals surface area contributed by atoms with Crippen LogP contribution in [0, 0.1) is 5.92 Å². The number of hydrogen-bond donors (Lipinski definition) is 3. The first kappa shape index (κ1) is 15.5. The summed E-state index contributed by atoms with van der Waals surface area (Å²) in [6.07, 6.45) is 1.17. The monoisotopic (exact) mass is 265 g/mol. The fourth-order valence-corrected chi connectivity index (χ4v) is 1.76. The van der Waals surface area contributed by atoms with Crippen molar-refractivity contribution in [2.45, 2.75) is 39.2 Å². The second-order valence-electron chi connectivity index (χ2n) is 5.58. The van der Waals surface area contributed by atoms with E-state index in [0.717, 1.165) is 5.56 Å². The lowest BCUT2D eigenvalue weighted by Gasteiger charge is -2.27. The number of benzene rings is 1. The van der Waals surface area contributed by atoms with Crippen LogP contribution in [0.5, 0.6) is 5.75 Å². The number of phenols is 1. The van der Waals surface area contributed by atoms with E-state index in [9.17, 15) is 15.0 Å². The van der Waals surface area contributed by atoms with E-state index in [1.807, 2.05) is 12.1 Å². The standard InChI is InChI=1S/C15H23NO3/c1-11(2)10-16-15(3,14(18)19)9-8-12-4-6-13(17)7-5-12/h4-7,11,16-17H,8-10H2,1-3H3,(H,18,19). The Hall–Kier alpha value is -1.55. The lowest BCUT2D eigenvalue weighted by atomic mass is 9.92. The number of aliphatic carboxylic acids is 1. The summed E-state index contributed by atoms with van der Waals surface area (Å²) in [5, 5.41) is 21.7. The Bertz CT molecular complexity index is 414. The number of carbonyl (C=O) groups is 1. The van der Waals surface area contributed by atoms with Gasteiger partial charge in [0.2, 0.25) is 0 Å². The normalized spacial score (nSPS) is 14.3. The molecule has 0 spiro atoms. The quantitative estimate of drug-likeness (QED) is 0.708. The van der Waals surface area contributed by atoms with Gasteiger partial charge in [-0.05, 0) is 49.9 Å². The predicted molar refractivity (Wildman–Crippen MR) is 75.3 cm³/mol. The van der Waals surface area contributed by atoms with Gasteiger partial charge in [-0.3, -0.25) is 4.79 Å². The van der Waals surface area contributed by atoms with Crippen molar-refractivity contribution < 1.29 is 15.0 Å². The summed E-state index contributed by atoms with van der Waals surface area (Å²) in [6, 6.07) is 6.88. The number of nitrogens with one attached hydrogen (secondary N) is 1. The summed E-state index contributed by atoms with van der Waals surface area (Å²) in [7, 11) is 0. The van der Waals surface area contributed by atoms with Crippen LogP contribution in [0.3, 0.4) is 0 Å². The number of aryl methyl sites for hydroxylation is 1. The van der Waals surface area contributed by atoms with Crippen LogP contribution in [0.2, 0.25) is 0 Å². The molecule has 0 aliphatic heterocycles. The molecular weight excluding hydrogens is 242 g/mol. The predicted octanol–water partition coefficient (Wildman–Crippen LogP) is 2.41. The smallest absolute Gasteiger partial charge is 0.323 e. The summed E-state index contributed by atoms with van der Waals surface area (Å²) < 4.78 is 0. The largest absolute Gasteiger partial charge is 0.508 e. The second kappa shape index (κ2) is 6.57. The zero-order valence-corrected chi connectivity index (χ0v) is 11.8. The van der Waals surface area contributed by atoms with Crippen molar-refractivity contribution >= 4 is 5.97 Å². The Morgan fingerprint density at radius 2 is 1.89 bits per heavy atom. The third-order valence-corrected chi connectivity index (χ3v) is 3.22. The van der Waals surface area contributed by atoms with Crippen molar-refractivity contribution in [3.8, 4) is 5.75 Å². The molecule has 0 saturated heterocycles. The van der Waals surface area contributed by atoms with Crippen molar-refractivity contribution in [3.05, 3.63) is 29.8 Å². The third-order valence-electron chi connectivity index (χ3n) is 3.22. The molecule has 1 atom stereocenters. The SMILES string of the molecule is CC(C)CNC(C)(CCc1ccc(O)cc1)C(=O)O. The average Bonchev–Trinajstić information content (AvgIpc) is 2.35. The zero-order valence-electron chi connectivity index (χ0n) is 11.8. The van der Waals surface area contributed by atoms with Crippen LogP contribution in [0.15, 0.2) is 24.3 Å². The molecule has 0 aromatic heterocycles. The van der Waals surface area contributed by atoms with Crippen molar-refractivity contribution in [3.63, 3.8) is 0 Å².